The van der Waals surface area contributed by atoms with Gasteiger partial charge in [-0.2, -0.15) is 5.01 Å². The number of hydrogen-bond donors (Lipinski definition) is 0. The molecule has 0 fully saturated rings. The predicted molar refractivity (Wildman–Crippen MR) is 38.5 cm³/mol. The average molecular weight is 165 g/mol. The van der Waals surface area contributed by atoms with Crippen LogP contribution in [0.15, 0.2) is 5.29 Å². The number of nitroso groups, excluding NO2 is 1. The minimum atomic E-state index is -0.347. The van der Waals surface area contributed by atoms with Crippen molar-refractivity contribution in [3.63, 3.8) is 0 Å². The third-order valence-electron chi connectivity index (χ3n) is 0.966. The van der Waals surface area contributed by atoms with Crippen LogP contribution in [0, 0.1) is 4.91 Å². The third kappa shape index (κ3) is 3.40. The highest BCUT2D eigenvalue weighted by Gasteiger charge is 2.05. The molecular weight excluding hydrogens is 156 g/mol. The van der Waals surface area contributed by atoms with E-state index < -0.39 is 0 Å². The van der Waals surface area contributed by atoms with Crippen LogP contribution in [0.1, 0.15) is 13.3 Å². The molecule has 0 heterocycles. The maximum atomic E-state index is 10.5. The van der Waals surface area contributed by atoms with Gasteiger partial charge in [-0.1, -0.05) is 0 Å². The number of hydrogen-bond acceptors (Lipinski definition) is 3. The van der Waals surface area contributed by atoms with Crippen molar-refractivity contribution in [2.24, 2.45) is 5.29 Å². The standard InChI is InChI=1S/C5H9ClN2O2/c1-5(9)8(7-10)4-2-3-6/h2-4H2,1H3. The van der Waals surface area contributed by atoms with Crippen molar-refractivity contribution in [1.82, 2.24) is 5.01 Å². The molecule has 0 unspecified atom stereocenters. The molecule has 0 aliphatic heterocycles. The minimum Gasteiger partial charge on any atom is -0.273 e. The summed E-state index contributed by atoms with van der Waals surface area (Å²) in [5.74, 6) is 0.0827. The SMILES string of the molecule is CC(=O)N(CCCCl)N=O. The van der Waals surface area contributed by atoms with Gasteiger partial charge in [0.15, 0.2) is 0 Å². The quantitative estimate of drug-likeness (QED) is 0.356. The van der Waals surface area contributed by atoms with Crippen molar-refractivity contribution < 1.29 is 4.79 Å². The Morgan fingerprint density at radius 2 is 2.30 bits per heavy atom. The summed E-state index contributed by atoms with van der Waals surface area (Å²) in [6, 6.07) is 0. The number of halogens is 1. The van der Waals surface area contributed by atoms with Crippen molar-refractivity contribution in [1.29, 1.82) is 0 Å². The molecule has 10 heavy (non-hydrogen) atoms. The van der Waals surface area contributed by atoms with Crippen LogP contribution in [-0.4, -0.2) is 23.3 Å². The summed E-state index contributed by atoms with van der Waals surface area (Å²) in [7, 11) is 0. The van der Waals surface area contributed by atoms with Gasteiger partial charge in [0.1, 0.15) is 0 Å². The summed E-state index contributed by atoms with van der Waals surface area (Å²) in [6.07, 6.45) is 0.590. The van der Waals surface area contributed by atoms with Crippen LogP contribution in [0.25, 0.3) is 0 Å². The molecule has 4 nitrogen and oxygen atoms in total. The summed E-state index contributed by atoms with van der Waals surface area (Å²) in [5, 5.41) is 3.35. The number of nitrogens with zero attached hydrogens (tertiary/aromatic N) is 2. The Balaban J connectivity index is 3.60. The zero-order valence-electron chi connectivity index (χ0n) is 5.71. The van der Waals surface area contributed by atoms with Gasteiger partial charge >= 0.3 is 0 Å². The van der Waals surface area contributed by atoms with Crippen LogP contribution in [0.4, 0.5) is 0 Å². The molecule has 0 aliphatic carbocycles. The zero-order valence-corrected chi connectivity index (χ0v) is 6.47. The van der Waals surface area contributed by atoms with E-state index in [1.165, 1.54) is 6.92 Å². The predicted octanol–water partition coefficient (Wildman–Crippen LogP) is 1.15. The Kier molecular flexibility index (Phi) is 4.84. The Bertz CT molecular complexity index is 129. The Morgan fingerprint density at radius 1 is 1.70 bits per heavy atom. The second-order valence-electron chi connectivity index (χ2n) is 1.77. The summed E-state index contributed by atoms with van der Waals surface area (Å²) in [4.78, 5) is 20.3. The van der Waals surface area contributed by atoms with E-state index in [-0.39, 0.29) is 5.91 Å². The van der Waals surface area contributed by atoms with Crippen molar-refractivity contribution >= 4 is 17.5 Å². The molecule has 0 bridgehead atoms. The second kappa shape index (κ2) is 5.17. The molecule has 0 spiro atoms. The van der Waals surface area contributed by atoms with Gasteiger partial charge in [0.05, 0.1) is 5.29 Å². The second-order valence-corrected chi connectivity index (χ2v) is 2.14. The lowest BCUT2D eigenvalue weighted by Gasteiger charge is -2.07. The molecule has 0 aliphatic rings. The molecular formula is C5H9ClN2O2. The molecule has 0 radical (unpaired) electrons. The zero-order chi connectivity index (χ0) is 7.98. The Hall–Kier alpha value is -0.640. The van der Waals surface area contributed by atoms with Gasteiger partial charge in [0, 0.05) is 19.3 Å². The average Bonchev–Trinajstić information content (AvgIpc) is 1.89. The van der Waals surface area contributed by atoms with E-state index in [4.69, 9.17) is 11.6 Å². The van der Waals surface area contributed by atoms with Crippen molar-refractivity contribution in [3.8, 4) is 0 Å². The largest absolute Gasteiger partial charge is 0.273 e. The van der Waals surface area contributed by atoms with E-state index in [0.29, 0.717) is 18.8 Å². The van der Waals surface area contributed by atoms with Crippen molar-refractivity contribution in [3.05, 3.63) is 4.91 Å². The van der Waals surface area contributed by atoms with Crippen LogP contribution >= 0.6 is 11.6 Å². The highest BCUT2D eigenvalue weighted by Crippen LogP contribution is 1.93. The lowest BCUT2D eigenvalue weighted by atomic mass is 10.4. The number of alkyl halides is 1. The number of amides is 1. The van der Waals surface area contributed by atoms with Gasteiger partial charge in [-0.25, -0.2) is 0 Å². The topological polar surface area (TPSA) is 49.7 Å². The van der Waals surface area contributed by atoms with E-state index in [2.05, 4.69) is 5.29 Å². The molecule has 1 amide bonds. The molecule has 0 saturated carbocycles. The molecule has 0 N–H and O–H groups in total. The third-order valence-corrected chi connectivity index (χ3v) is 1.23. The Morgan fingerprint density at radius 3 is 2.60 bits per heavy atom. The first kappa shape index (κ1) is 9.36. The van der Waals surface area contributed by atoms with Crippen LogP contribution < -0.4 is 0 Å². The first-order valence-corrected chi connectivity index (χ1v) is 3.43. The van der Waals surface area contributed by atoms with Crippen molar-refractivity contribution in [2.45, 2.75) is 13.3 Å². The monoisotopic (exact) mass is 164 g/mol. The van der Waals surface area contributed by atoms with Gasteiger partial charge in [-0.05, 0) is 6.42 Å². The van der Waals surface area contributed by atoms with Gasteiger partial charge in [0.2, 0.25) is 5.91 Å². The smallest absolute Gasteiger partial charge is 0.242 e. The first-order chi connectivity index (χ1) is 4.72. The van der Waals surface area contributed by atoms with E-state index >= 15 is 0 Å². The Labute approximate surface area is 64.1 Å². The normalized spacial score (nSPS) is 9.00. The highest BCUT2D eigenvalue weighted by molar-refractivity contribution is 6.17. The van der Waals surface area contributed by atoms with Gasteiger partial charge < -0.3 is 0 Å². The molecule has 0 saturated heterocycles. The van der Waals surface area contributed by atoms with Crippen LogP contribution in [0.3, 0.4) is 0 Å². The van der Waals surface area contributed by atoms with E-state index in [9.17, 15) is 9.70 Å². The van der Waals surface area contributed by atoms with Gasteiger partial charge in [-0.3, -0.25) is 4.79 Å². The van der Waals surface area contributed by atoms with E-state index in [1.807, 2.05) is 0 Å². The summed E-state index contributed by atoms with van der Waals surface area (Å²) in [5.41, 5.74) is 0. The fraction of sp³-hybridized carbons (Fsp3) is 0.800. The highest BCUT2D eigenvalue weighted by atomic mass is 35.5. The van der Waals surface area contributed by atoms with Crippen LogP contribution in [0.2, 0.25) is 0 Å². The fourth-order valence-electron chi connectivity index (χ4n) is 0.465. The summed E-state index contributed by atoms with van der Waals surface area (Å²) >= 11 is 5.33. The minimum absolute atomic E-state index is 0.308. The molecule has 0 atom stereocenters. The van der Waals surface area contributed by atoms with Crippen LogP contribution in [0.5, 0.6) is 0 Å². The fourth-order valence-corrected chi connectivity index (χ4v) is 0.585. The molecule has 0 aromatic carbocycles. The first-order valence-electron chi connectivity index (χ1n) is 2.89. The lowest BCUT2D eigenvalue weighted by molar-refractivity contribution is -0.129. The van der Waals surface area contributed by atoms with Crippen molar-refractivity contribution in [2.75, 3.05) is 12.4 Å². The van der Waals surface area contributed by atoms with Gasteiger partial charge in [-0.15, -0.1) is 16.5 Å². The number of carbonyl (C=O) groups is 1. The maximum absolute atomic E-state index is 10.5. The molecule has 0 aromatic rings. The number of rotatable bonds is 4. The van der Waals surface area contributed by atoms with E-state index in [0.717, 1.165) is 5.01 Å². The van der Waals surface area contributed by atoms with Gasteiger partial charge in [0.25, 0.3) is 0 Å². The van der Waals surface area contributed by atoms with Crippen LogP contribution in [-0.2, 0) is 4.79 Å². The summed E-state index contributed by atoms with van der Waals surface area (Å²) < 4.78 is 0. The number of carbonyl (C=O) groups excluding carboxylic acids is 1. The molecule has 58 valence electrons. The summed E-state index contributed by atoms with van der Waals surface area (Å²) in [6.45, 7) is 1.60. The van der Waals surface area contributed by atoms with E-state index in [1.54, 1.807) is 0 Å². The maximum Gasteiger partial charge on any atom is 0.242 e. The molecule has 0 rings (SSSR count). The lowest BCUT2D eigenvalue weighted by Crippen LogP contribution is -2.23. The molecule has 5 heteroatoms. The molecule has 0 aromatic heterocycles.